The van der Waals surface area contributed by atoms with Crippen LogP contribution in [0.4, 0.5) is 10.2 Å². The van der Waals surface area contributed by atoms with Gasteiger partial charge in [0.2, 0.25) is 11.9 Å². The van der Waals surface area contributed by atoms with Gasteiger partial charge in [0.25, 0.3) is 5.91 Å². The van der Waals surface area contributed by atoms with E-state index >= 15 is 0 Å². The first-order valence-electron chi connectivity index (χ1n) is 4.94. The lowest BCUT2D eigenvalue weighted by Gasteiger charge is -2.11. The summed E-state index contributed by atoms with van der Waals surface area (Å²) >= 11 is 0. The molecule has 0 atom stereocenters. The number of hydrogen-bond donors (Lipinski definition) is 2. The van der Waals surface area contributed by atoms with Crippen LogP contribution < -0.4 is 10.7 Å². The highest BCUT2D eigenvalue weighted by Gasteiger charge is 2.18. The lowest BCUT2D eigenvalue weighted by atomic mass is 10.1. The Hall–Kier alpha value is -2.31. The summed E-state index contributed by atoms with van der Waals surface area (Å²) < 4.78 is 12.8. The van der Waals surface area contributed by atoms with E-state index in [0.717, 1.165) is 0 Å². The highest BCUT2D eigenvalue weighted by molar-refractivity contribution is 6.43. The second-order valence-corrected chi connectivity index (χ2v) is 3.39. The predicted molar refractivity (Wildman–Crippen MR) is 57.6 cm³/mol. The summed E-state index contributed by atoms with van der Waals surface area (Å²) in [5, 5.41) is 6.01. The quantitative estimate of drug-likeness (QED) is 0.730. The number of pyridine rings is 1. The maximum atomic E-state index is 12.8. The topological polar surface area (TPSA) is 83.5 Å². The van der Waals surface area contributed by atoms with Gasteiger partial charge in [0.05, 0.1) is 0 Å². The van der Waals surface area contributed by atoms with Crippen molar-refractivity contribution in [3.63, 3.8) is 0 Å². The molecule has 0 radical (unpaired) electrons. The molecule has 0 saturated heterocycles. The van der Waals surface area contributed by atoms with Crippen molar-refractivity contribution in [2.45, 2.75) is 12.8 Å². The minimum Gasteiger partial charge on any atom is -0.305 e. The first-order chi connectivity index (χ1) is 8.15. The Kier molecular flexibility index (Phi) is 3.08. The molecule has 7 heteroatoms. The number of carbonyl (C=O) groups excluding carboxylic acids is 2. The third kappa shape index (κ3) is 2.83. The number of hydrazone groups is 1. The van der Waals surface area contributed by atoms with Crippen LogP contribution in [-0.2, 0) is 9.59 Å². The first-order valence-corrected chi connectivity index (χ1v) is 4.94. The van der Waals surface area contributed by atoms with Gasteiger partial charge in [-0.3, -0.25) is 9.59 Å². The Morgan fingerprint density at radius 1 is 1.41 bits per heavy atom. The van der Waals surface area contributed by atoms with Crippen LogP contribution in [0.3, 0.4) is 0 Å². The zero-order chi connectivity index (χ0) is 12.3. The molecule has 0 bridgehead atoms. The Balaban J connectivity index is 2.04. The molecule has 2 heterocycles. The Bertz CT molecular complexity index is 501. The molecule has 0 fully saturated rings. The fourth-order valence-electron chi connectivity index (χ4n) is 1.30. The van der Waals surface area contributed by atoms with E-state index in [9.17, 15) is 14.0 Å². The Labute approximate surface area is 95.9 Å². The van der Waals surface area contributed by atoms with E-state index < -0.39 is 11.9 Å². The largest absolute Gasteiger partial charge is 0.305 e. The molecular formula is C10H9FN4O2. The molecule has 6 nitrogen and oxygen atoms in total. The van der Waals surface area contributed by atoms with Crippen molar-refractivity contribution in [2.75, 3.05) is 5.32 Å². The third-order valence-corrected chi connectivity index (χ3v) is 2.12. The van der Waals surface area contributed by atoms with Gasteiger partial charge in [-0.25, -0.2) is 10.4 Å². The van der Waals surface area contributed by atoms with Crippen molar-refractivity contribution >= 4 is 23.3 Å². The van der Waals surface area contributed by atoms with Gasteiger partial charge in [0.15, 0.2) is 0 Å². The van der Waals surface area contributed by atoms with Gasteiger partial charge >= 0.3 is 0 Å². The fourth-order valence-corrected chi connectivity index (χ4v) is 1.30. The molecule has 2 N–H and O–H groups in total. The summed E-state index contributed by atoms with van der Waals surface area (Å²) in [6.45, 7) is 0. The van der Waals surface area contributed by atoms with Crippen LogP contribution in [0.15, 0.2) is 23.3 Å². The van der Waals surface area contributed by atoms with E-state index in [-0.39, 0.29) is 30.3 Å². The Morgan fingerprint density at radius 3 is 2.88 bits per heavy atom. The minimum absolute atomic E-state index is 0.106. The average molecular weight is 236 g/mol. The second kappa shape index (κ2) is 4.69. The third-order valence-electron chi connectivity index (χ3n) is 2.12. The van der Waals surface area contributed by atoms with Crippen molar-refractivity contribution in [2.24, 2.45) is 5.10 Å². The molecule has 1 aliphatic rings. The minimum atomic E-state index is -0.679. The zero-order valence-electron chi connectivity index (χ0n) is 8.74. The molecule has 1 aromatic rings. The average Bonchev–Trinajstić information content (AvgIpc) is 2.29. The van der Waals surface area contributed by atoms with Crippen LogP contribution >= 0.6 is 0 Å². The fraction of sp³-hybridized carbons (Fsp3) is 0.200. The normalized spacial score (nSPS) is 14.9. The van der Waals surface area contributed by atoms with Crippen molar-refractivity contribution in [1.29, 1.82) is 0 Å². The Morgan fingerprint density at radius 2 is 2.24 bits per heavy atom. The molecular weight excluding hydrogens is 227 g/mol. The molecule has 0 spiro atoms. The maximum Gasteiger partial charge on any atom is 0.273 e. The number of anilines is 1. The summed E-state index contributed by atoms with van der Waals surface area (Å²) in [5.74, 6) is -1.30. The standard InChI is InChI=1S/C10H9FN4O2/c11-7-2-1-3-8(12-7)13-10(17)6-4-5-9(16)15-14-6/h1-3H,4-5H2,(H,15,16)(H,12,13,17). The van der Waals surface area contributed by atoms with Crippen LogP contribution in [0.5, 0.6) is 0 Å². The molecule has 2 rings (SSSR count). The summed E-state index contributed by atoms with van der Waals surface area (Å²) in [6, 6.07) is 4.07. The summed E-state index contributed by atoms with van der Waals surface area (Å²) in [7, 11) is 0. The predicted octanol–water partition coefficient (Wildman–Crippen LogP) is 0.425. The van der Waals surface area contributed by atoms with Crippen molar-refractivity contribution in [3.05, 3.63) is 24.1 Å². The highest BCUT2D eigenvalue weighted by atomic mass is 19.1. The van der Waals surface area contributed by atoms with E-state index in [0.29, 0.717) is 0 Å². The van der Waals surface area contributed by atoms with E-state index in [2.05, 4.69) is 20.8 Å². The van der Waals surface area contributed by atoms with Crippen LogP contribution in [-0.4, -0.2) is 22.5 Å². The first kappa shape index (κ1) is 11.2. The van der Waals surface area contributed by atoms with Crippen molar-refractivity contribution < 1.29 is 14.0 Å². The van der Waals surface area contributed by atoms with Gasteiger partial charge in [-0.05, 0) is 12.1 Å². The second-order valence-electron chi connectivity index (χ2n) is 3.39. The van der Waals surface area contributed by atoms with Crippen LogP contribution in [0.1, 0.15) is 12.8 Å². The van der Waals surface area contributed by atoms with Gasteiger partial charge in [-0.1, -0.05) is 6.07 Å². The van der Waals surface area contributed by atoms with E-state index in [1.54, 1.807) is 0 Å². The smallest absolute Gasteiger partial charge is 0.273 e. The van der Waals surface area contributed by atoms with Gasteiger partial charge in [-0.2, -0.15) is 9.49 Å². The molecule has 2 amide bonds. The maximum absolute atomic E-state index is 12.8. The molecule has 1 aliphatic heterocycles. The lowest BCUT2D eigenvalue weighted by molar-refractivity contribution is -0.121. The monoisotopic (exact) mass is 236 g/mol. The molecule has 88 valence electrons. The molecule has 1 aromatic heterocycles. The number of rotatable bonds is 2. The SMILES string of the molecule is O=C1CCC(C(=O)Nc2cccc(F)n2)=NN1. The summed E-state index contributed by atoms with van der Waals surface area (Å²) in [5.41, 5.74) is 2.39. The van der Waals surface area contributed by atoms with Gasteiger partial charge in [-0.15, -0.1) is 0 Å². The number of halogens is 1. The number of carbonyl (C=O) groups is 2. The number of hydrogen-bond acceptors (Lipinski definition) is 4. The van der Waals surface area contributed by atoms with E-state index in [4.69, 9.17) is 0 Å². The van der Waals surface area contributed by atoms with Gasteiger partial charge in [0, 0.05) is 12.8 Å². The number of aromatic nitrogens is 1. The zero-order valence-corrected chi connectivity index (χ0v) is 8.74. The van der Waals surface area contributed by atoms with Crippen LogP contribution in [0.25, 0.3) is 0 Å². The number of nitrogens with one attached hydrogen (secondary N) is 2. The number of nitrogens with zero attached hydrogens (tertiary/aromatic N) is 2. The lowest BCUT2D eigenvalue weighted by Crippen LogP contribution is -2.32. The van der Waals surface area contributed by atoms with E-state index in [1.807, 2.05) is 0 Å². The van der Waals surface area contributed by atoms with Gasteiger partial charge in [0.1, 0.15) is 11.5 Å². The van der Waals surface area contributed by atoms with Crippen molar-refractivity contribution in [1.82, 2.24) is 10.4 Å². The molecule has 0 aliphatic carbocycles. The van der Waals surface area contributed by atoms with Crippen LogP contribution in [0.2, 0.25) is 0 Å². The molecule has 17 heavy (non-hydrogen) atoms. The highest BCUT2D eigenvalue weighted by Crippen LogP contribution is 2.06. The van der Waals surface area contributed by atoms with Crippen LogP contribution in [0, 0.1) is 5.95 Å². The van der Waals surface area contributed by atoms with E-state index in [1.165, 1.54) is 18.2 Å². The molecule has 0 aromatic carbocycles. The van der Waals surface area contributed by atoms with Crippen molar-refractivity contribution in [3.8, 4) is 0 Å². The molecule has 0 unspecified atom stereocenters. The number of amides is 2. The van der Waals surface area contributed by atoms with Gasteiger partial charge < -0.3 is 5.32 Å². The summed E-state index contributed by atoms with van der Waals surface area (Å²) in [6.07, 6.45) is 0.468. The summed E-state index contributed by atoms with van der Waals surface area (Å²) in [4.78, 5) is 25.9. The molecule has 0 saturated carbocycles.